The van der Waals surface area contributed by atoms with E-state index in [0.717, 1.165) is 49.2 Å². The minimum Gasteiger partial charge on any atom is -0.490 e. The van der Waals surface area contributed by atoms with Gasteiger partial charge in [0.25, 0.3) is 0 Å². The molecule has 0 aliphatic rings. The Balaban J connectivity index is 1.73. The Morgan fingerprint density at radius 2 is 1.45 bits per heavy atom. The first-order valence-electron chi connectivity index (χ1n) is 10.8. The Bertz CT molecular complexity index is 709. The van der Waals surface area contributed by atoms with Gasteiger partial charge in [0, 0.05) is 6.42 Å². The highest BCUT2D eigenvalue weighted by Gasteiger charge is 2.05. The van der Waals surface area contributed by atoms with Gasteiger partial charge in [-0.3, -0.25) is 4.79 Å². The van der Waals surface area contributed by atoms with Crippen LogP contribution in [-0.2, 0) is 17.8 Å². The van der Waals surface area contributed by atoms with Crippen molar-refractivity contribution in [2.45, 2.75) is 71.3 Å². The van der Waals surface area contributed by atoms with Crippen LogP contribution in [0.1, 0.15) is 69.4 Å². The lowest BCUT2D eigenvalue weighted by molar-refractivity contribution is -0.137. The van der Waals surface area contributed by atoms with E-state index in [1.807, 2.05) is 24.3 Å². The van der Waals surface area contributed by atoms with Gasteiger partial charge in [-0.1, -0.05) is 69.0 Å². The van der Waals surface area contributed by atoms with E-state index in [-0.39, 0.29) is 6.42 Å². The third kappa shape index (κ3) is 9.51. The van der Waals surface area contributed by atoms with Crippen LogP contribution >= 0.6 is 0 Å². The normalized spacial score (nSPS) is 10.7. The monoisotopic (exact) mass is 398 g/mol. The number of hydrogen-bond acceptors (Lipinski definition) is 3. The number of hydrogen-bond donors (Lipinski definition) is 1. The molecule has 2 aromatic carbocycles. The number of ether oxygens (including phenoxy) is 2. The molecule has 0 unspecified atom stereocenters. The molecular formula is C25H34O4. The van der Waals surface area contributed by atoms with E-state index < -0.39 is 5.97 Å². The van der Waals surface area contributed by atoms with Gasteiger partial charge < -0.3 is 14.6 Å². The van der Waals surface area contributed by atoms with Crippen LogP contribution in [0.25, 0.3) is 0 Å². The molecule has 0 aliphatic carbocycles. The van der Waals surface area contributed by atoms with E-state index in [2.05, 4.69) is 31.2 Å². The number of carboxylic acid groups (broad SMARTS) is 1. The van der Waals surface area contributed by atoms with E-state index in [4.69, 9.17) is 14.6 Å². The van der Waals surface area contributed by atoms with E-state index in [1.165, 1.54) is 24.8 Å². The number of aliphatic carboxylic acids is 1. The van der Waals surface area contributed by atoms with Gasteiger partial charge in [0.05, 0.1) is 6.61 Å². The number of carbonyl (C=O) groups is 1. The van der Waals surface area contributed by atoms with Crippen molar-refractivity contribution in [3.63, 3.8) is 0 Å². The maximum atomic E-state index is 10.5. The largest absolute Gasteiger partial charge is 0.490 e. The van der Waals surface area contributed by atoms with E-state index in [0.29, 0.717) is 13.2 Å². The summed E-state index contributed by atoms with van der Waals surface area (Å²) in [6.45, 7) is 3.36. The Morgan fingerprint density at radius 1 is 0.793 bits per heavy atom. The molecular weight excluding hydrogens is 364 g/mol. The maximum Gasteiger partial charge on any atom is 0.303 e. The van der Waals surface area contributed by atoms with E-state index >= 15 is 0 Å². The summed E-state index contributed by atoms with van der Waals surface area (Å²) in [4.78, 5) is 10.5. The van der Waals surface area contributed by atoms with Gasteiger partial charge in [0.15, 0.2) is 11.5 Å². The molecule has 0 saturated heterocycles. The summed E-state index contributed by atoms with van der Waals surface area (Å²) >= 11 is 0. The smallest absolute Gasteiger partial charge is 0.303 e. The molecule has 0 aliphatic heterocycles. The quantitative estimate of drug-likeness (QED) is 0.352. The molecule has 0 heterocycles. The third-order valence-corrected chi connectivity index (χ3v) is 4.88. The second kappa shape index (κ2) is 13.6. The van der Waals surface area contributed by atoms with Gasteiger partial charge in [-0.25, -0.2) is 0 Å². The fourth-order valence-electron chi connectivity index (χ4n) is 3.14. The zero-order chi connectivity index (χ0) is 20.7. The fraction of sp³-hybridized carbons (Fsp3) is 0.480. The molecule has 0 fully saturated rings. The number of unbranched alkanes of at least 4 members (excludes halogenated alkanes) is 5. The Kier molecular flexibility index (Phi) is 10.7. The van der Waals surface area contributed by atoms with Gasteiger partial charge in [0.2, 0.25) is 0 Å². The van der Waals surface area contributed by atoms with Crippen molar-refractivity contribution >= 4 is 5.97 Å². The number of rotatable bonds is 15. The second-order valence-corrected chi connectivity index (χ2v) is 7.42. The molecule has 0 radical (unpaired) electrons. The first-order chi connectivity index (χ1) is 14.2. The van der Waals surface area contributed by atoms with Crippen molar-refractivity contribution in [2.75, 3.05) is 6.61 Å². The molecule has 4 nitrogen and oxygen atoms in total. The average molecular weight is 399 g/mol. The molecule has 158 valence electrons. The average Bonchev–Trinajstić information content (AvgIpc) is 2.73. The van der Waals surface area contributed by atoms with Crippen molar-refractivity contribution in [1.29, 1.82) is 0 Å². The van der Waals surface area contributed by atoms with Crippen molar-refractivity contribution in [3.05, 3.63) is 59.7 Å². The molecule has 0 amide bonds. The predicted octanol–water partition coefficient (Wildman–Crippen LogP) is 6.41. The highest BCUT2D eigenvalue weighted by Crippen LogP contribution is 2.27. The van der Waals surface area contributed by atoms with Gasteiger partial charge in [-0.2, -0.15) is 0 Å². The van der Waals surface area contributed by atoms with Crippen LogP contribution in [0.2, 0.25) is 0 Å². The van der Waals surface area contributed by atoms with Gasteiger partial charge >= 0.3 is 5.97 Å². The molecule has 4 heteroatoms. The zero-order valence-corrected chi connectivity index (χ0v) is 17.6. The van der Waals surface area contributed by atoms with E-state index in [1.54, 1.807) is 0 Å². The minimum atomic E-state index is -0.724. The Labute approximate surface area is 174 Å². The van der Waals surface area contributed by atoms with E-state index in [9.17, 15) is 4.79 Å². The third-order valence-electron chi connectivity index (χ3n) is 4.88. The summed E-state index contributed by atoms with van der Waals surface area (Å²) in [6, 6.07) is 16.4. The van der Waals surface area contributed by atoms with Crippen molar-refractivity contribution < 1.29 is 19.4 Å². The molecule has 0 bridgehead atoms. The van der Waals surface area contributed by atoms with Crippen LogP contribution < -0.4 is 9.47 Å². The lowest BCUT2D eigenvalue weighted by Crippen LogP contribution is -2.02. The summed E-state index contributed by atoms with van der Waals surface area (Å²) in [5.41, 5.74) is 2.53. The van der Waals surface area contributed by atoms with Gasteiger partial charge in [0.1, 0.15) is 6.61 Å². The first kappa shape index (κ1) is 22.8. The van der Waals surface area contributed by atoms with Crippen LogP contribution in [0.3, 0.4) is 0 Å². The van der Waals surface area contributed by atoms with Crippen LogP contribution in [0, 0.1) is 0 Å². The summed E-state index contributed by atoms with van der Waals surface area (Å²) in [5.74, 6) is 0.790. The zero-order valence-electron chi connectivity index (χ0n) is 17.6. The summed E-state index contributed by atoms with van der Waals surface area (Å²) in [5, 5.41) is 8.65. The number of para-hydroxylation sites is 2. The van der Waals surface area contributed by atoms with Gasteiger partial charge in [-0.05, 0) is 48.9 Å². The SMILES string of the molecule is CCCCCc1ccc(COc2ccccc2OCCCCCCC(=O)O)cc1. The molecule has 0 spiro atoms. The van der Waals surface area contributed by atoms with Crippen molar-refractivity contribution in [2.24, 2.45) is 0 Å². The Morgan fingerprint density at radius 3 is 2.14 bits per heavy atom. The number of carboxylic acids is 1. The first-order valence-corrected chi connectivity index (χ1v) is 10.8. The molecule has 1 N–H and O–H groups in total. The number of benzene rings is 2. The van der Waals surface area contributed by atoms with Crippen molar-refractivity contribution in [3.8, 4) is 11.5 Å². The molecule has 2 rings (SSSR count). The minimum absolute atomic E-state index is 0.247. The lowest BCUT2D eigenvalue weighted by Gasteiger charge is -2.13. The molecule has 0 saturated carbocycles. The highest BCUT2D eigenvalue weighted by molar-refractivity contribution is 5.66. The van der Waals surface area contributed by atoms with Crippen molar-refractivity contribution in [1.82, 2.24) is 0 Å². The molecule has 0 aromatic heterocycles. The van der Waals surface area contributed by atoms with Crippen LogP contribution in [0.15, 0.2) is 48.5 Å². The summed E-state index contributed by atoms with van der Waals surface area (Å²) < 4.78 is 11.9. The molecule has 0 atom stereocenters. The predicted molar refractivity (Wildman–Crippen MR) is 117 cm³/mol. The summed E-state index contributed by atoms with van der Waals surface area (Å²) in [6.07, 6.45) is 8.70. The highest BCUT2D eigenvalue weighted by atomic mass is 16.5. The second-order valence-electron chi connectivity index (χ2n) is 7.42. The maximum absolute atomic E-state index is 10.5. The number of aryl methyl sites for hydroxylation is 1. The molecule has 2 aromatic rings. The standard InChI is InChI=1S/C25H34O4/c1-2-3-6-11-21-15-17-22(18-16-21)20-29-24-13-9-8-12-23(24)28-19-10-5-4-7-14-25(26)27/h8-9,12-13,15-18H,2-7,10-11,14,19-20H2,1H3,(H,26,27). The van der Waals surface area contributed by atoms with Crippen LogP contribution in [0.4, 0.5) is 0 Å². The lowest BCUT2D eigenvalue weighted by atomic mass is 10.1. The Hall–Kier alpha value is -2.49. The topological polar surface area (TPSA) is 55.8 Å². The summed E-state index contributed by atoms with van der Waals surface area (Å²) in [7, 11) is 0. The fourth-order valence-corrected chi connectivity index (χ4v) is 3.14. The van der Waals surface area contributed by atoms with Crippen LogP contribution in [-0.4, -0.2) is 17.7 Å². The van der Waals surface area contributed by atoms with Gasteiger partial charge in [-0.15, -0.1) is 0 Å². The van der Waals surface area contributed by atoms with Crippen LogP contribution in [0.5, 0.6) is 11.5 Å². The molecule has 29 heavy (non-hydrogen) atoms.